The fraction of sp³-hybridized carbons (Fsp3) is 0. The molecule has 0 saturated heterocycles. The Morgan fingerprint density at radius 1 is 0.590 bits per heavy atom. The molecule has 0 N–H and O–H groups in total. The molecular weight excluding hydrogens is 493 g/mol. The Labute approximate surface area is 229 Å². The molecule has 0 spiro atoms. The highest BCUT2D eigenvalue weighted by molar-refractivity contribution is 7.87. The lowest BCUT2D eigenvalue weighted by atomic mass is 10.1. The lowest BCUT2D eigenvalue weighted by Gasteiger charge is -2.21. The van der Waals surface area contributed by atoms with Crippen molar-refractivity contribution in [2.75, 3.05) is 0 Å². The third kappa shape index (κ3) is 5.75. The molecule has 0 heterocycles. The standard InChI is InChI=1S/C36H24NOP/c37-28-30-22-20-29(21-23-30)24-25-31-12-10-11-13-32(31)26-27-36(33-14-4-1-5-15-33)39(38,34-16-6-2-7-17-34)35-18-8-3-9-19-35/h1-23,26H. The van der Waals surface area contributed by atoms with Gasteiger partial charge < -0.3 is 4.57 Å². The summed E-state index contributed by atoms with van der Waals surface area (Å²) in [6.45, 7) is 0. The molecule has 5 aromatic carbocycles. The van der Waals surface area contributed by atoms with E-state index in [1.54, 1.807) is 12.1 Å². The van der Waals surface area contributed by atoms with Crippen LogP contribution in [0, 0.1) is 23.2 Å². The zero-order valence-corrected chi connectivity index (χ0v) is 22.1. The highest BCUT2D eigenvalue weighted by atomic mass is 31.2. The van der Waals surface area contributed by atoms with E-state index in [1.165, 1.54) is 0 Å². The lowest BCUT2D eigenvalue weighted by Crippen LogP contribution is -2.16. The predicted molar refractivity (Wildman–Crippen MR) is 161 cm³/mol. The van der Waals surface area contributed by atoms with Gasteiger partial charge in [-0.25, -0.2) is 0 Å². The molecule has 2 nitrogen and oxygen atoms in total. The number of rotatable bonds is 5. The van der Waals surface area contributed by atoms with Gasteiger partial charge in [0, 0.05) is 21.7 Å². The average Bonchev–Trinajstić information content (AvgIpc) is 3.02. The molecule has 0 aliphatic carbocycles. The highest BCUT2D eigenvalue weighted by Crippen LogP contribution is 2.56. The molecule has 0 aliphatic rings. The van der Waals surface area contributed by atoms with Crippen LogP contribution in [0.3, 0.4) is 0 Å². The smallest absolute Gasteiger partial charge is 0.179 e. The first-order valence-corrected chi connectivity index (χ1v) is 14.2. The summed E-state index contributed by atoms with van der Waals surface area (Å²) in [4.78, 5) is 0. The SMILES string of the molecule is N#Cc1ccc(C#Cc2ccccc2C=C=C(c2ccccc2)P(=O)(c2ccccc2)c2ccccc2)cc1. The van der Waals surface area contributed by atoms with Crippen molar-refractivity contribution >= 4 is 29.1 Å². The Bertz CT molecular complexity index is 1760. The van der Waals surface area contributed by atoms with Gasteiger partial charge in [0.1, 0.15) is 0 Å². The summed E-state index contributed by atoms with van der Waals surface area (Å²) in [6, 6.07) is 46.2. The summed E-state index contributed by atoms with van der Waals surface area (Å²) in [7, 11) is -3.27. The number of nitrogens with zero attached hydrogens (tertiary/aromatic N) is 1. The maximum atomic E-state index is 15.2. The van der Waals surface area contributed by atoms with Gasteiger partial charge in [-0.3, -0.25) is 0 Å². The second-order valence-corrected chi connectivity index (χ2v) is 11.5. The Morgan fingerprint density at radius 3 is 1.69 bits per heavy atom. The van der Waals surface area contributed by atoms with Crippen LogP contribution < -0.4 is 10.6 Å². The Morgan fingerprint density at radius 2 is 1.10 bits per heavy atom. The lowest BCUT2D eigenvalue weighted by molar-refractivity contribution is 0.593. The molecular formula is C36H24NOP. The number of benzene rings is 5. The van der Waals surface area contributed by atoms with Crippen LogP contribution >= 0.6 is 7.14 Å². The van der Waals surface area contributed by atoms with Gasteiger partial charge in [0.25, 0.3) is 0 Å². The summed E-state index contributed by atoms with van der Waals surface area (Å²) >= 11 is 0. The molecule has 0 saturated carbocycles. The molecule has 3 heteroatoms. The molecule has 0 radical (unpaired) electrons. The molecule has 0 unspecified atom stereocenters. The van der Waals surface area contributed by atoms with E-state index in [0.29, 0.717) is 10.9 Å². The van der Waals surface area contributed by atoms with Gasteiger partial charge in [-0.05, 0) is 47.5 Å². The van der Waals surface area contributed by atoms with E-state index in [9.17, 15) is 0 Å². The second-order valence-electron chi connectivity index (χ2n) is 8.81. The van der Waals surface area contributed by atoms with Gasteiger partial charge in [-0.2, -0.15) is 5.26 Å². The number of hydrogen-bond acceptors (Lipinski definition) is 2. The first kappa shape index (κ1) is 25.5. The fourth-order valence-corrected chi connectivity index (χ4v) is 7.04. The quantitative estimate of drug-likeness (QED) is 0.137. The Kier molecular flexibility index (Phi) is 7.84. The summed E-state index contributed by atoms with van der Waals surface area (Å²) in [5, 5.41) is 11.2. The molecule has 0 aromatic heterocycles. The minimum absolute atomic E-state index is 0.601. The minimum atomic E-state index is -3.27. The first-order valence-electron chi connectivity index (χ1n) is 12.5. The molecule has 5 aromatic rings. The molecule has 184 valence electrons. The van der Waals surface area contributed by atoms with E-state index < -0.39 is 7.14 Å². The fourth-order valence-electron chi connectivity index (χ4n) is 4.29. The van der Waals surface area contributed by atoms with Crippen molar-refractivity contribution in [2.45, 2.75) is 0 Å². The van der Waals surface area contributed by atoms with E-state index in [1.807, 2.05) is 133 Å². The van der Waals surface area contributed by atoms with Crippen molar-refractivity contribution in [1.82, 2.24) is 0 Å². The number of nitriles is 1. The Hall–Kier alpha value is -5.10. The van der Waals surface area contributed by atoms with Crippen molar-refractivity contribution in [2.24, 2.45) is 0 Å². The largest absolute Gasteiger partial charge is 0.308 e. The van der Waals surface area contributed by atoms with Crippen molar-refractivity contribution in [1.29, 1.82) is 5.26 Å². The monoisotopic (exact) mass is 517 g/mol. The summed E-state index contributed by atoms with van der Waals surface area (Å²) in [5.74, 6) is 6.44. The van der Waals surface area contributed by atoms with Crippen LogP contribution in [0.15, 0.2) is 145 Å². The van der Waals surface area contributed by atoms with Crippen LogP contribution in [0.1, 0.15) is 27.8 Å². The van der Waals surface area contributed by atoms with E-state index in [-0.39, 0.29) is 0 Å². The topological polar surface area (TPSA) is 40.9 Å². The van der Waals surface area contributed by atoms with Crippen LogP contribution in [-0.4, -0.2) is 0 Å². The summed E-state index contributed by atoms with van der Waals surface area (Å²) in [5.41, 5.74) is 7.45. The van der Waals surface area contributed by atoms with E-state index in [0.717, 1.165) is 32.9 Å². The van der Waals surface area contributed by atoms with Gasteiger partial charge >= 0.3 is 0 Å². The van der Waals surface area contributed by atoms with Crippen LogP contribution in [0.5, 0.6) is 0 Å². The molecule has 0 atom stereocenters. The normalized spacial score (nSPS) is 10.3. The van der Waals surface area contributed by atoms with Gasteiger partial charge in [0.2, 0.25) is 0 Å². The van der Waals surface area contributed by atoms with E-state index >= 15 is 4.57 Å². The zero-order chi connectivity index (χ0) is 26.9. The molecule has 0 aliphatic heterocycles. The van der Waals surface area contributed by atoms with Crippen LogP contribution in [0.4, 0.5) is 0 Å². The van der Waals surface area contributed by atoms with Crippen molar-refractivity contribution in [3.05, 3.63) is 173 Å². The summed E-state index contributed by atoms with van der Waals surface area (Å²) in [6.07, 6.45) is 1.88. The third-order valence-electron chi connectivity index (χ3n) is 6.28. The maximum Gasteiger partial charge on any atom is 0.179 e. The Balaban J connectivity index is 1.69. The van der Waals surface area contributed by atoms with Gasteiger partial charge in [-0.1, -0.05) is 121 Å². The van der Waals surface area contributed by atoms with E-state index in [4.69, 9.17) is 5.26 Å². The third-order valence-corrected chi connectivity index (χ3v) is 9.35. The molecule has 5 rings (SSSR count). The zero-order valence-electron chi connectivity index (χ0n) is 21.2. The molecule has 0 amide bonds. The van der Waals surface area contributed by atoms with Crippen molar-refractivity contribution < 1.29 is 4.57 Å². The predicted octanol–water partition coefficient (Wildman–Crippen LogP) is 7.63. The summed E-state index contributed by atoms with van der Waals surface area (Å²) < 4.78 is 15.2. The van der Waals surface area contributed by atoms with Crippen LogP contribution in [-0.2, 0) is 4.57 Å². The molecule has 0 bridgehead atoms. The van der Waals surface area contributed by atoms with Crippen molar-refractivity contribution in [3.63, 3.8) is 0 Å². The van der Waals surface area contributed by atoms with E-state index in [2.05, 4.69) is 23.6 Å². The van der Waals surface area contributed by atoms with Crippen LogP contribution in [0.25, 0.3) is 11.4 Å². The first-order chi connectivity index (χ1) is 19.2. The molecule has 39 heavy (non-hydrogen) atoms. The average molecular weight is 518 g/mol. The van der Waals surface area contributed by atoms with Gasteiger partial charge in [0.05, 0.1) is 16.9 Å². The van der Waals surface area contributed by atoms with Gasteiger partial charge in [0.15, 0.2) is 7.14 Å². The highest BCUT2D eigenvalue weighted by Gasteiger charge is 2.32. The number of hydrogen-bond donors (Lipinski definition) is 0. The maximum absolute atomic E-state index is 15.2. The minimum Gasteiger partial charge on any atom is -0.308 e. The molecule has 0 fully saturated rings. The van der Waals surface area contributed by atoms with Gasteiger partial charge in [-0.15, -0.1) is 5.73 Å². The van der Waals surface area contributed by atoms with Crippen molar-refractivity contribution in [3.8, 4) is 17.9 Å². The van der Waals surface area contributed by atoms with Crippen LogP contribution in [0.2, 0.25) is 0 Å². The second kappa shape index (κ2) is 12.0.